The molecule has 1 unspecified atom stereocenters. The van der Waals surface area contributed by atoms with Crippen LogP contribution in [0.3, 0.4) is 0 Å². The number of carboxylic acid groups (broad SMARTS) is 1. The van der Waals surface area contributed by atoms with Gasteiger partial charge in [0.2, 0.25) is 5.91 Å². The molecule has 1 amide bonds. The fraction of sp³-hybridized carbons (Fsp3) is 0.333. The van der Waals surface area contributed by atoms with E-state index in [9.17, 15) is 9.59 Å². The second-order valence-electron chi connectivity index (χ2n) is 4.28. The number of hydrogen-bond acceptors (Lipinski definition) is 3. The summed E-state index contributed by atoms with van der Waals surface area (Å²) in [6.45, 7) is 1.01. The van der Waals surface area contributed by atoms with Gasteiger partial charge in [-0.15, -0.1) is 0 Å². The highest BCUT2D eigenvalue weighted by molar-refractivity contribution is 9.10. The number of benzene rings is 1. The average molecular weight is 313 g/mol. The van der Waals surface area contributed by atoms with Crippen LogP contribution in [-0.2, 0) is 4.79 Å². The summed E-state index contributed by atoms with van der Waals surface area (Å²) in [6.07, 6.45) is 0.426. The summed E-state index contributed by atoms with van der Waals surface area (Å²) in [4.78, 5) is 24.5. The van der Waals surface area contributed by atoms with Gasteiger partial charge >= 0.3 is 5.97 Å². The van der Waals surface area contributed by atoms with E-state index in [1.165, 1.54) is 6.07 Å². The van der Waals surface area contributed by atoms with Crippen molar-refractivity contribution in [2.24, 2.45) is 11.7 Å². The third kappa shape index (κ3) is 2.39. The highest BCUT2D eigenvalue weighted by Crippen LogP contribution is 2.28. The average Bonchev–Trinajstić information content (AvgIpc) is 2.71. The van der Waals surface area contributed by atoms with Crippen LogP contribution in [0.1, 0.15) is 16.8 Å². The molecule has 18 heavy (non-hydrogen) atoms. The van der Waals surface area contributed by atoms with Crippen LogP contribution < -0.4 is 10.6 Å². The molecule has 6 heteroatoms. The molecule has 96 valence electrons. The number of amides is 1. The van der Waals surface area contributed by atoms with Crippen molar-refractivity contribution in [1.29, 1.82) is 0 Å². The molecule has 3 N–H and O–H groups in total. The minimum absolute atomic E-state index is 0.0101. The maximum absolute atomic E-state index is 11.8. The second kappa shape index (κ2) is 5.07. The Kier molecular flexibility index (Phi) is 3.68. The summed E-state index contributed by atoms with van der Waals surface area (Å²) < 4.78 is 0.501. The number of hydrogen-bond donors (Lipinski definition) is 2. The normalized spacial score (nSPS) is 19.3. The quantitative estimate of drug-likeness (QED) is 0.885. The second-order valence-corrected chi connectivity index (χ2v) is 5.13. The number of nitrogens with two attached hydrogens (primary N) is 1. The van der Waals surface area contributed by atoms with Crippen molar-refractivity contribution in [2.45, 2.75) is 6.42 Å². The highest BCUT2D eigenvalue weighted by Gasteiger charge is 2.30. The lowest BCUT2D eigenvalue weighted by Crippen LogP contribution is -2.26. The van der Waals surface area contributed by atoms with E-state index in [4.69, 9.17) is 10.8 Å². The number of carbonyl (C=O) groups is 2. The van der Waals surface area contributed by atoms with Crippen LogP contribution in [-0.4, -0.2) is 30.1 Å². The van der Waals surface area contributed by atoms with Crippen LogP contribution in [0.2, 0.25) is 0 Å². The van der Waals surface area contributed by atoms with Crippen molar-refractivity contribution in [3.8, 4) is 0 Å². The lowest BCUT2D eigenvalue weighted by molar-refractivity contribution is -0.117. The van der Waals surface area contributed by atoms with Crippen molar-refractivity contribution in [2.75, 3.05) is 18.0 Å². The topological polar surface area (TPSA) is 83.6 Å². The fourth-order valence-corrected chi connectivity index (χ4v) is 2.45. The Labute approximate surface area is 113 Å². The minimum atomic E-state index is -1.02. The Hall–Kier alpha value is -1.40. The Balaban J connectivity index is 2.32. The SMILES string of the molecule is NCC1CC(=O)N(c2ccc(Br)c(C(=O)O)c2)C1. The molecule has 0 aromatic heterocycles. The van der Waals surface area contributed by atoms with Gasteiger partial charge in [0.05, 0.1) is 5.56 Å². The Bertz CT molecular complexity index is 504. The molecule has 1 saturated heterocycles. The zero-order valence-electron chi connectivity index (χ0n) is 9.60. The standard InChI is InChI=1S/C12H13BrN2O3/c13-10-2-1-8(4-9(10)12(17)18)15-6-7(5-14)3-11(15)16/h1-2,4,7H,3,5-6,14H2,(H,17,18). The van der Waals surface area contributed by atoms with Crippen molar-refractivity contribution >= 4 is 33.5 Å². The van der Waals surface area contributed by atoms with Gasteiger partial charge in [0.1, 0.15) is 0 Å². The van der Waals surface area contributed by atoms with Crippen LogP contribution >= 0.6 is 15.9 Å². The fourth-order valence-electron chi connectivity index (χ4n) is 2.03. The number of aromatic carboxylic acids is 1. The van der Waals surface area contributed by atoms with Gasteiger partial charge in [-0.2, -0.15) is 0 Å². The smallest absolute Gasteiger partial charge is 0.336 e. The first-order valence-corrected chi connectivity index (χ1v) is 6.35. The van der Waals surface area contributed by atoms with Crippen LogP contribution in [0.15, 0.2) is 22.7 Å². The van der Waals surface area contributed by atoms with E-state index in [1.807, 2.05) is 0 Å². The van der Waals surface area contributed by atoms with Gasteiger partial charge in [-0.1, -0.05) is 0 Å². The van der Waals surface area contributed by atoms with Crippen molar-refractivity contribution in [3.63, 3.8) is 0 Å². The van der Waals surface area contributed by atoms with Gasteiger partial charge in [0.15, 0.2) is 0 Å². The van der Waals surface area contributed by atoms with E-state index in [0.29, 0.717) is 29.7 Å². The number of rotatable bonds is 3. The molecule has 0 aliphatic carbocycles. The number of carbonyl (C=O) groups excluding carboxylic acids is 1. The molecule has 1 aliphatic rings. The molecule has 1 heterocycles. The third-order valence-corrected chi connectivity index (χ3v) is 3.72. The summed E-state index contributed by atoms with van der Waals surface area (Å²) >= 11 is 3.18. The molecule has 0 spiro atoms. The molecule has 2 rings (SSSR count). The summed E-state index contributed by atoms with van der Waals surface area (Å²) in [7, 11) is 0. The van der Waals surface area contributed by atoms with E-state index < -0.39 is 5.97 Å². The van der Waals surface area contributed by atoms with Crippen LogP contribution in [0.4, 0.5) is 5.69 Å². The molecule has 1 aromatic carbocycles. The van der Waals surface area contributed by atoms with Crippen LogP contribution in [0.25, 0.3) is 0 Å². The maximum atomic E-state index is 11.8. The predicted molar refractivity (Wildman–Crippen MR) is 70.6 cm³/mol. The lowest BCUT2D eigenvalue weighted by atomic mass is 10.1. The lowest BCUT2D eigenvalue weighted by Gasteiger charge is -2.17. The van der Waals surface area contributed by atoms with E-state index in [1.54, 1.807) is 17.0 Å². The molecule has 0 radical (unpaired) electrons. The van der Waals surface area contributed by atoms with E-state index in [0.717, 1.165) is 0 Å². The Morgan fingerprint density at radius 1 is 1.56 bits per heavy atom. The molecular formula is C12H13BrN2O3. The Morgan fingerprint density at radius 3 is 2.83 bits per heavy atom. The molecule has 1 atom stereocenters. The van der Waals surface area contributed by atoms with E-state index in [-0.39, 0.29) is 17.4 Å². The summed E-state index contributed by atoms with van der Waals surface area (Å²) in [5.74, 6) is -0.885. The first-order valence-electron chi connectivity index (χ1n) is 5.56. The van der Waals surface area contributed by atoms with Gasteiger partial charge in [-0.25, -0.2) is 4.79 Å². The number of carboxylic acids is 1. The monoisotopic (exact) mass is 312 g/mol. The maximum Gasteiger partial charge on any atom is 0.336 e. The van der Waals surface area contributed by atoms with Crippen molar-refractivity contribution in [3.05, 3.63) is 28.2 Å². The molecule has 0 saturated carbocycles. The first-order chi connectivity index (χ1) is 8.52. The number of anilines is 1. The number of nitrogens with zero attached hydrogens (tertiary/aromatic N) is 1. The predicted octanol–water partition coefficient (Wildman–Crippen LogP) is 1.46. The van der Waals surface area contributed by atoms with Gasteiger partial charge in [0, 0.05) is 23.1 Å². The van der Waals surface area contributed by atoms with Crippen molar-refractivity contribution < 1.29 is 14.7 Å². The van der Waals surface area contributed by atoms with Gasteiger partial charge < -0.3 is 15.7 Å². The summed E-state index contributed by atoms with van der Waals surface area (Å²) in [6, 6.07) is 4.87. The van der Waals surface area contributed by atoms with Crippen LogP contribution in [0.5, 0.6) is 0 Å². The van der Waals surface area contributed by atoms with Gasteiger partial charge in [0.25, 0.3) is 0 Å². The van der Waals surface area contributed by atoms with Crippen LogP contribution in [0, 0.1) is 5.92 Å². The zero-order valence-corrected chi connectivity index (χ0v) is 11.2. The van der Waals surface area contributed by atoms with E-state index >= 15 is 0 Å². The summed E-state index contributed by atoms with van der Waals surface area (Å²) in [5, 5.41) is 9.04. The van der Waals surface area contributed by atoms with Crippen molar-refractivity contribution in [1.82, 2.24) is 0 Å². The molecule has 0 bridgehead atoms. The Morgan fingerprint density at radius 2 is 2.28 bits per heavy atom. The molecule has 1 aliphatic heterocycles. The highest BCUT2D eigenvalue weighted by atomic mass is 79.9. The first kappa shape index (κ1) is 13.0. The molecular weight excluding hydrogens is 300 g/mol. The summed E-state index contributed by atoms with van der Waals surface area (Å²) in [5.41, 5.74) is 6.32. The zero-order chi connectivity index (χ0) is 13.3. The van der Waals surface area contributed by atoms with Gasteiger partial charge in [-0.3, -0.25) is 4.79 Å². The third-order valence-electron chi connectivity index (χ3n) is 3.03. The van der Waals surface area contributed by atoms with E-state index in [2.05, 4.69) is 15.9 Å². The molecule has 1 fully saturated rings. The molecule has 1 aromatic rings. The molecule has 5 nitrogen and oxygen atoms in total. The number of halogens is 1. The largest absolute Gasteiger partial charge is 0.478 e. The van der Waals surface area contributed by atoms with Gasteiger partial charge in [-0.05, 0) is 46.6 Å². The minimum Gasteiger partial charge on any atom is -0.478 e.